The number of aliphatic hydroxyl groups excluding tert-OH is 2. The lowest BCUT2D eigenvalue weighted by Gasteiger charge is -2.52. The van der Waals surface area contributed by atoms with Gasteiger partial charge in [-0.1, -0.05) is 92.7 Å². The Morgan fingerprint density at radius 1 is 0.671 bits per heavy atom. The van der Waals surface area contributed by atoms with Crippen molar-refractivity contribution in [1.29, 1.82) is 0 Å². The number of rotatable bonds is 11. The molecular weight excluding hydrogens is 1020 g/mol. The fraction of sp³-hybridized carbons (Fsp3) is 0.373. The predicted octanol–water partition coefficient (Wildman–Crippen LogP) is 7.92. The number of aliphatic hydroxyl groups is 2. The molecule has 9 rings (SSSR count). The number of hydrogen-bond donors (Lipinski definition) is 3. The molecule has 2 saturated carbocycles. The van der Waals surface area contributed by atoms with Crippen LogP contribution in [0.15, 0.2) is 88.7 Å². The first-order valence-corrected chi connectivity index (χ1v) is 22.4. The fourth-order valence-corrected chi connectivity index (χ4v) is 10.1. The third-order valence-corrected chi connectivity index (χ3v) is 13.7. The van der Waals surface area contributed by atoms with E-state index in [9.17, 15) is 52.9 Å². The highest BCUT2D eigenvalue weighted by Gasteiger charge is 2.53. The van der Waals surface area contributed by atoms with Crippen LogP contribution in [0.1, 0.15) is 112 Å². The highest BCUT2D eigenvalue weighted by molar-refractivity contribution is 8.93. The number of carbonyl (C=O) groups excluding carboxylic acids is 4. The first-order chi connectivity index (χ1) is 31.8. The maximum atomic E-state index is 14.4. The molecule has 4 aliphatic rings. The zero-order chi connectivity index (χ0) is 48.1. The third-order valence-electron chi connectivity index (χ3n) is 13.1. The first-order valence-electron chi connectivity index (χ1n) is 21.6. The molecule has 4 heterocycles. The lowest BCUT2D eigenvalue weighted by Crippen LogP contribution is -2.61. The van der Waals surface area contributed by atoms with E-state index < -0.39 is 74.9 Å². The molecule has 2 spiro atoms. The monoisotopic (exact) mass is 1070 g/mol. The average molecular weight is 1070 g/mol. The molecule has 0 saturated heterocycles. The molecule has 14 nitrogen and oxygen atoms in total. The van der Waals surface area contributed by atoms with Gasteiger partial charge < -0.3 is 39.0 Å². The number of aromatic hydroxyl groups is 1. The summed E-state index contributed by atoms with van der Waals surface area (Å²) in [5.41, 5.74) is -2.15. The third kappa shape index (κ3) is 10.2. The first kappa shape index (κ1) is 55.2. The van der Waals surface area contributed by atoms with Crippen LogP contribution in [-0.2, 0) is 30.5 Å². The normalized spacial score (nSPS) is 20.6. The van der Waals surface area contributed by atoms with Gasteiger partial charge in [-0.15, -0.1) is 17.0 Å². The number of halogens is 5. The SMILES string of the molecule is Br.C.C.CN1CC2(CC(O)C2)n2cc(C(=O)CCc3cccc(Cl)c3F)c(=O)c(O)c2C1=O.CN1CC2(CC(O)C2)n2cc(C(=O)CCc3cccc(Cl)c3F)c(=O)c(OCc3ccccc3)c2C1=O. The van der Waals surface area contributed by atoms with Gasteiger partial charge in [0.25, 0.3) is 11.8 Å². The van der Waals surface area contributed by atoms with Crippen molar-refractivity contribution < 1.29 is 48.0 Å². The van der Waals surface area contributed by atoms with Crippen LogP contribution in [0.5, 0.6) is 11.5 Å². The summed E-state index contributed by atoms with van der Waals surface area (Å²) in [5.74, 6) is -4.19. The fourth-order valence-electron chi connectivity index (χ4n) is 9.68. The molecule has 3 aromatic carbocycles. The molecule has 2 aliphatic heterocycles. The van der Waals surface area contributed by atoms with Crippen molar-refractivity contribution >= 4 is 63.6 Å². The number of ketones is 2. The second kappa shape index (κ2) is 21.7. The number of nitrogens with zero attached hydrogens (tertiary/aromatic N) is 4. The van der Waals surface area contributed by atoms with E-state index in [0.717, 1.165) is 5.56 Å². The van der Waals surface area contributed by atoms with Crippen LogP contribution in [0.4, 0.5) is 8.78 Å². The number of amides is 2. The summed E-state index contributed by atoms with van der Waals surface area (Å²) in [5, 5.41) is 30.4. The van der Waals surface area contributed by atoms with E-state index in [1.807, 2.05) is 30.3 Å². The van der Waals surface area contributed by atoms with Gasteiger partial charge in [0.15, 0.2) is 34.5 Å². The molecule has 0 unspecified atom stereocenters. The lowest BCUT2D eigenvalue weighted by atomic mass is 9.72. The van der Waals surface area contributed by atoms with E-state index in [2.05, 4.69) is 0 Å². The minimum absolute atomic E-state index is 0. The topological polar surface area (TPSA) is 189 Å². The molecule has 2 aromatic heterocycles. The van der Waals surface area contributed by atoms with E-state index in [1.165, 1.54) is 45.0 Å². The van der Waals surface area contributed by atoms with Crippen LogP contribution in [-0.4, -0.2) is 97.0 Å². The van der Waals surface area contributed by atoms with E-state index >= 15 is 0 Å². The Labute approximate surface area is 423 Å². The van der Waals surface area contributed by atoms with E-state index in [-0.39, 0.29) is 114 Å². The van der Waals surface area contributed by atoms with Gasteiger partial charge in [0.1, 0.15) is 18.2 Å². The molecule has 374 valence electrons. The second-order valence-corrected chi connectivity index (χ2v) is 18.6. The summed E-state index contributed by atoms with van der Waals surface area (Å²) in [4.78, 5) is 81.1. The van der Waals surface area contributed by atoms with Gasteiger partial charge in [-0.2, -0.15) is 0 Å². The molecule has 5 aromatic rings. The van der Waals surface area contributed by atoms with Gasteiger partial charge in [-0.3, -0.25) is 28.8 Å². The zero-order valence-electron chi connectivity index (χ0n) is 36.8. The van der Waals surface area contributed by atoms with Crippen LogP contribution < -0.4 is 15.6 Å². The van der Waals surface area contributed by atoms with Gasteiger partial charge in [-0.05, 0) is 67.3 Å². The highest BCUT2D eigenvalue weighted by Crippen LogP contribution is 2.46. The number of hydrogen-bond acceptors (Lipinski definition) is 10. The summed E-state index contributed by atoms with van der Waals surface area (Å²) < 4.78 is 37.5. The zero-order valence-corrected chi connectivity index (χ0v) is 40.1. The number of aromatic nitrogens is 2. The van der Waals surface area contributed by atoms with Crippen molar-refractivity contribution in [2.24, 2.45) is 0 Å². The largest absolute Gasteiger partial charge is 0.503 e. The number of likely N-dealkylation sites (N-methyl/N-ethyl adjacent to an activating group) is 2. The molecule has 2 fully saturated rings. The Balaban J connectivity index is 0.000000255. The van der Waals surface area contributed by atoms with Crippen LogP contribution in [0.2, 0.25) is 10.0 Å². The van der Waals surface area contributed by atoms with Crippen molar-refractivity contribution in [2.45, 2.75) is 96.1 Å². The Bertz CT molecular complexity index is 2960. The lowest BCUT2D eigenvalue weighted by molar-refractivity contribution is -0.0455. The molecule has 0 bridgehead atoms. The number of aryl methyl sites for hydroxylation is 2. The summed E-state index contributed by atoms with van der Waals surface area (Å²) in [6.45, 7) is 0.652. The molecule has 2 aliphatic carbocycles. The molecule has 70 heavy (non-hydrogen) atoms. The maximum absolute atomic E-state index is 14.4. The minimum atomic E-state index is -0.934. The molecule has 2 amide bonds. The Morgan fingerprint density at radius 2 is 1.10 bits per heavy atom. The Morgan fingerprint density at radius 3 is 1.56 bits per heavy atom. The minimum Gasteiger partial charge on any atom is -0.503 e. The van der Waals surface area contributed by atoms with Crippen LogP contribution in [0, 0.1) is 11.6 Å². The number of benzene rings is 3. The highest BCUT2D eigenvalue weighted by atomic mass is 79.9. The van der Waals surface area contributed by atoms with Gasteiger partial charge >= 0.3 is 0 Å². The molecule has 0 radical (unpaired) electrons. The van der Waals surface area contributed by atoms with Crippen molar-refractivity contribution in [3.05, 3.63) is 160 Å². The van der Waals surface area contributed by atoms with Gasteiger partial charge in [0, 0.05) is 52.4 Å². The van der Waals surface area contributed by atoms with Crippen molar-refractivity contribution in [3.63, 3.8) is 0 Å². The summed E-state index contributed by atoms with van der Waals surface area (Å²) >= 11 is 11.6. The molecule has 19 heteroatoms. The van der Waals surface area contributed by atoms with E-state index in [1.54, 1.807) is 36.9 Å². The van der Waals surface area contributed by atoms with Crippen molar-refractivity contribution in [3.8, 4) is 11.5 Å². The van der Waals surface area contributed by atoms with Crippen LogP contribution in [0.3, 0.4) is 0 Å². The summed E-state index contributed by atoms with van der Waals surface area (Å²) in [6.07, 6.45) is 2.80. The van der Waals surface area contributed by atoms with Gasteiger partial charge in [0.2, 0.25) is 10.9 Å². The molecule has 0 atom stereocenters. The number of pyridine rings is 2. The number of fused-ring (bicyclic) bond motifs is 4. The summed E-state index contributed by atoms with van der Waals surface area (Å²) in [6, 6.07) is 18.2. The second-order valence-electron chi connectivity index (χ2n) is 17.8. The average Bonchev–Trinajstić information content (AvgIpc) is 3.28. The molecular formula is C51H55BrCl2F2N4O10. The number of carbonyl (C=O) groups is 4. The Hall–Kier alpha value is -5.72. The predicted molar refractivity (Wildman–Crippen MR) is 266 cm³/mol. The smallest absolute Gasteiger partial charge is 0.274 e. The quantitative estimate of drug-likeness (QED) is 0.110. The van der Waals surface area contributed by atoms with E-state index in [4.69, 9.17) is 27.9 Å². The number of Topliss-reactive ketones (excluding diaryl/α,β-unsaturated/α-hetero) is 2. The van der Waals surface area contributed by atoms with Gasteiger partial charge in [-0.25, -0.2) is 8.78 Å². The molecule has 3 N–H and O–H groups in total. The number of ether oxygens (including phenoxy) is 1. The van der Waals surface area contributed by atoms with Crippen molar-refractivity contribution in [2.75, 3.05) is 27.2 Å². The van der Waals surface area contributed by atoms with E-state index in [0.29, 0.717) is 38.8 Å². The van der Waals surface area contributed by atoms with Gasteiger partial charge in [0.05, 0.1) is 44.5 Å². The van der Waals surface area contributed by atoms with Crippen molar-refractivity contribution in [1.82, 2.24) is 18.9 Å². The maximum Gasteiger partial charge on any atom is 0.274 e. The Kier molecular flexibility index (Phi) is 17.1. The standard InChI is InChI=1S/C28H26ClFN2O5.C21H20ClFN2O5.2CH4.BrH/c1-31-16-28(12-19(33)13-28)32-14-20(22(34)11-10-18-8-5-9-21(29)23(18)30)25(35)26(24(32)27(31)36)37-15-17-6-3-2-4-7-17;1-24-10-21(7-12(26)8-21)25-9-13(18(28)19(29)17(25)20(24)30)15(27)6-5-11-3-2-4-14(22)16(11)23;;;/h2-9,14,19,33H,10-13,15-16H2,1H3;2-4,9,12,26,29H,5-8,10H2,1H3;2*1H4;1H. The summed E-state index contributed by atoms with van der Waals surface area (Å²) in [7, 11) is 3.20. The van der Waals surface area contributed by atoms with Crippen LogP contribution in [0.25, 0.3) is 0 Å². The van der Waals surface area contributed by atoms with Crippen LogP contribution >= 0.6 is 40.2 Å².